The highest BCUT2D eigenvalue weighted by Crippen LogP contribution is 2.05. The van der Waals surface area contributed by atoms with Crippen LogP contribution in [0.15, 0.2) is 0 Å². The van der Waals surface area contributed by atoms with E-state index in [-0.39, 0.29) is 0 Å². The Morgan fingerprint density at radius 1 is 1.44 bits per heavy atom. The summed E-state index contributed by atoms with van der Waals surface area (Å²) in [5, 5.41) is 12.3. The minimum atomic E-state index is -0.783. The van der Waals surface area contributed by atoms with Crippen LogP contribution in [0.3, 0.4) is 0 Å². The summed E-state index contributed by atoms with van der Waals surface area (Å²) in [6.07, 6.45) is 1.94. The van der Waals surface area contributed by atoms with Crippen molar-refractivity contribution in [1.29, 1.82) is 0 Å². The van der Waals surface area contributed by atoms with Crippen LogP contribution in [0.2, 0.25) is 0 Å². The minimum absolute atomic E-state index is 0.366. The van der Waals surface area contributed by atoms with Gasteiger partial charge in [0.2, 0.25) is 0 Å². The van der Waals surface area contributed by atoms with Gasteiger partial charge in [0.25, 0.3) is 0 Å². The van der Waals surface area contributed by atoms with Crippen LogP contribution in [-0.4, -0.2) is 61.4 Å². The fraction of sp³-hybridized carbons (Fsp3) is 0.923. The van der Waals surface area contributed by atoms with Crippen LogP contribution in [0, 0.1) is 0 Å². The minimum Gasteiger partial charge on any atom is -0.480 e. The largest absolute Gasteiger partial charge is 0.480 e. The normalized spacial score (nSPS) is 14.7. The molecule has 5 heteroatoms. The molecule has 0 aliphatic carbocycles. The number of carbonyl (C=O) groups is 1. The monoisotopic (exact) mass is 260 g/mol. The second-order valence-corrected chi connectivity index (χ2v) is 4.59. The van der Waals surface area contributed by atoms with E-state index in [1.807, 2.05) is 6.92 Å². The number of nitrogens with one attached hydrogen (secondary N) is 1. The second-order valence-electron chi connectivity index (χ2n) is 4.59. The molecule has 0 bridgehead atoms. The number of ether oxygens (including phenoxy) is 1. The molecule has 0 aliphatic heterocycles. The summed E-state index contributed by atoms with van der Waals surface area (Å²) in [7, 11) is 1.67. The summed E-state index contributed by atoms with van der Waals surface area (Å²) in [5.41, 5.74) is 0. The van der Waals surface area contributed by atoms with Crippen LogP contribution >= 0.6 is 0 Å². The smallest absolute Gasteiger partial charge is 0.322 e. The van der Waals surface area contributed by atoms with Crippen molar-refractivity contribution < 1.29 is 14.6 Å². The third-order valence-corrected chi connectivity index (χ3v) is 3.15. The van der Waals surface area contributed by atoms with E-state index in [9.17, 15) is 9.90 Å². The molecule has 0 aliphatic rings. The van der Waals surface area contributed by atoms with Crippen LogP contribution in [0.5, 0.6) is 0 Å². The first-order valence-electron chi connectivity index (χ1n) is 6.75. The number of carboxylic acid groups (broad SMARTS) is 1. The Hall–Kier alpha value is -0.650. The van der Waals surface area contributed by atoms with Crippen LogP contribution in [-0.2, 0) is 9.53 Å². The lowest BCUT2D eigenvalue weighted by Gasteiger charge is -2.30. The Kier molecular flexibility index (Phi) is 9.92. The average molecular weight is 260 g/mol. The maximum atomic E-state index is 11.2. The van der Waals surface area contributed by atoms with Crippen molar-refractivity contribution in [2.75, 3.05) is 33.4 Å². The lowest BCUT2D eigenvalue weighted by molar-refractivity contribution is -0.140. The summed E-state index contributed by atoms with van der Waals surface area (Å²) in [6, 6.07) is -0.138. The lowest BCUT2D eigenvalue weighted by atomic mass is 10.1. The molecule has 0 saturated carbocycles. The van der Waals surface area contributed by atoms with E-state index in [0.29, 0.717) is 19.2 Å². The molecular formula is C13H28N2O3. The van der Waals surface area contributed by atoms with Gasteiger partial charge in [0.15, 0.2) is 0 Å². The molecule has 0 aromatic rings. The van der Waals surface area contributed by atoms with Gasteiger partial charge in [-0.1, -0.05) is 13.8 Å². The Balaban J connectivity index is 4.42. The van der Waals surface area contributed by atoms with Gasteiger partial charge in [0.05, 0.1) is 6.61 Å². The van der Waals surface area contributed by atoms with Gasteiger partial charge in [-0.05, 0) is 26.3 Å². The van der Waals surface area contributed by atoms with Gasteiger partial charge in [-0.25, -0.2) is 0 Å². The highest BCUT2D eigenvalue weighted by molar-refractivity contribution is 5.73. The maximum Gasteiger partial charge on any atom is 0.322 e. The molecule has 5 nitrogen and oxygen atoms in total. The number of hydrogen-bond acceptors (Lipinski definition) is 4. The number of rotatable bonds is 11. The van der Waals surface area contributed by atoms with Crippen LogP contribution < -0.4 is 5.32 Å². The zero-order chi connectivity index (χ0) is 14.0. The Morgan fingerprint density at radius 2 is 2.11 bits per heavy atom. The summed E-state index contributed by atoms with van der Waals surface area (Å²) < 4.78 is 5.08. The molecule has 0 saturated heterocycles. The molecule has 0 rings (SSSR count). The van der Waals surface area contributed by atoms with Crippen molar-refractivity contribution in [2.24, 2.45) is 0 Å². The molecule has 0 aromatic carbocycles. The highest BCUT2D eigenvalue weighted by atomic mass is 16.5. The van der Waals surface area contributed by atoms with Gasteiger partial charge in [0.1, 0.15) is 6.04 Å². The van der Waals surface area contributed by atoms with E-state index in [2.05, 4.69) is 24.1 Å². The van der Waals surface area contributed by atoms with Gasteiger partial charge in [-0.2, -0.15) is 0 Å². The van der Waals surface area contributed by atoms with Gasteiger partial charge in [-0.3, -0.25) is 9.69 Å². The van der Waals surface area contributed by atoms with Crippen molar-refractivity contribution in [3.05, 3.63) is 0 Å². The van der Waals surface area contributed by atoms with Crippen LogP contribution in [0.1, 0.15) is 33.6 Å². The predicted molar refractivity (Wildman–Crippen MR) is 72.9 cm³/mol. The molecule has 0 radical (unpaired) electrons. The Morgan fingerprint density at radius 3 is 2.56 bits per heavy atom. The van der Waals surface area contributed by atoms with E-state index in [0.717, 1.165) is 25.9 Å². The predicted octanol–water partition coefficient (Wildman–Crippen LogP) is 1.19. The van der Waals surface area contributed by atoms with Crippen LogP contribution in [0.4, 0.5) is 0 Å². The zero-order valence-electron chi connectivity index (χ0n) is 12.1. The number of carboxylic acids is 1. The molecule has 2 unspecified atom stereocenters. The topological polar surface area (TPSA) is 61.8 Å². The van der Waals surface area contributed by atoms with Crippen molar-refractivity contribution >= 4 is 5.97 Å². The van der Waals surface area contributed by atoms with Gasteiger partial charge in [-0.15, -0.1) is 0 Å². The third-order valence-electron chi connectivity index (χ3n) is 3.15. The van der Waals surface area contributed by atoms with E-state index in [4.69, 9.17) is 4.74 Å². The zero-order valence-corrected chi connectivity index (χ0v) is 12.1. The van der Waals surface area contributed by atoms with E-state index in [1.54, 1.807) is 7.11 Å². The molecule has 108 valence electrons. The summed E-state index contributed by atoms with van der Waals surface area (Å²) in [5.74, 6) is -0.783. The fourth-order valence-electron chi connectivity index (χ4n) is 1.74. The molecule has 0 spiro atoms. The Labute approximate surface area is 110 Å². The molecule has 0 heterocycles. The van der Waals surface area contributed by atoms with E-state index < -0.39 is 12.0 Å². The number of methoxy groups -OCH3 is 1. The molecule has 2 atom stereocenters. The molecular weight excluding hydrogens is 232 g/mol. The fourth-order valence-corrected chi connectivity index (χ4v) is 1.74. The molecule has 0 amide bonds. The van der Waals surface area contributed by atoms with Gasteiger partial charge < -0.3 is 15.2 Å². The molecule has 18 heavy (non-hydrogen) atoms. The summed E-state index contributed by atoms with van der Waals surface area (Å²) >= 11 is 0. The Bertz CT molecular complexity index is 224. The highest BCUT2D eigenvalue weighted by Gasteiger charge is 2.22. The molecule has 2 N–H and O–H groups in total. The second kappa shape index (κ2) is 10.3. The van der Waals surface area contributed by atoms with E-state index >= 15 is 0 Å². The van der Waals surface area contributed by atoms with Crippen LogP contribution in [0.25, 0.3) is 0 Å². The quantitative estimate of drug-likeness (QED) is 0.584. The molecule has 0 fully saturated rings. The first-order valence-corrected chi connectivity index (χ1v) is 6.75. The molecule has 0 aromatic heterocycles. The van der Waals surface area contributed by atoms with Crippen molar-refractivity contribution in [2.45, 2.75) is 45.7 Å². The standard InChI is InChI=1S/C13H28N2O3/c1-5-7-14-12(13(16)17)10-15(8-9-18-4)11(3)6-2/h11-12,14H,5-10H2,1-4H3,(H,16,17). The number of hydrogen-bond donors (Lipinski definition) is 2. The van der Waals surface area contributed by atoms with Crippen molar-refractivity contribution in [3.63, 3.8) is 0 Å². The lowest BCUT2D eigenvalue weighted by Crippen LogP contribution is -2.49. The van der Waals surface area contributed by atoms with Gasteiger partial charge in [0, 0.05) is 26.2 Å². The third kappa shape index (κ3) is 6.93. The first-order chi connectivity index (χ1) is 8.56. The SMILES string of the molecule is CCCNC(CN(CCOC)C(C)CC)C(=O)O. The van der Waals surface area contributed by atoms with E-state index in [1.165, 1.54) is 0 Å². The summed E-state index contributed by atoms with van der Waals surface area (Å²) in [6.45, 7) is 8.91. The number of aliphatic carboxylic acids is 1. The maximum absolute atomic E-state index is 11.2. The first kappa shape index (κ1) is 17.4. The van der Waals surface area contributed by atoms with Crippen molar-refractivity contribution in [1.82, 2.24) is 10.2 Å². The van der Waals surface area contributed by atoms with Crippen molar-refractivity contribution in [3.8, 4) is 0 Å². The van der Waals surface area contributed by atoms with Gasteiger partial charge >= 0.3 is 5.97 Å². The number of nitrogens with zero attached hydrogens (tertiary/aromatic N) is 1. The summed E-state index contributed by atoms with van der Waals surface area (Å²) in [4.78, 5) is 13.4. The average Bonchev–Trinajstić information content (AvgIpc) is 2.36.